The zero-order valence-corrected chi connectivity index (χ0v) is 14.1. The highest BCUT2D eigenvalue weighted by Crippen LogP contribution is 2.20. The molecule has 0 aliphatic heterocycles. The largest absolute Gasteiger partial charge is 0.480 e. The summed E-state index contributed by atoms with van der Waals surface area (Å²) in [7, 11) is 0. The monoisotopic (exact) mass is 366 g/mol. The van der Waals surface area contributed by atoms with Crippen molar-refractivity contribution >= 4 is 38.7 Å². The van der Waals surface area contributed by atoms with Crippen LogP contribution in [0, 0.1) is 5.92 Å². The SMILES string of the molecule is CC(C)C[C@H](NC(=O)Cn1ccc2cc(Br)ccc21)C(=O)O. The average molecular weight is 367 g/mol. The molecular weight excluding hydrogens is 348 g/mol. The van der Waals surface area contributed by atoms with Gasteiger partial charge in [-0.05, 0) is 36.6 Å². The molecule has 2 aromatic rings. The second-order valence-electron chi connectivity index (χ2n) is 5.73. The second-order valence-corrected chi connectivity index (χ2v) is 6.65. The zero-order chi connectivity index (χ0) is 16.3. The van der Waals surface area contributed by atoms with Gasteiger partial charge in [-0.25, -0.2) is 4.79 Å². The number of hydrogen-bond acceptors (Lipinski definition) is 2. The highest BCUT2D eigenvalue weighted by atomic mass is 79.9. The number of rotatable bonds is 6. The molecule has 0 saturated heterocycles. The van der Waals surface area contributed by atoms with Gasteiger partial charge in [-0.1, -0.05) is 29.8 Å². The Morgan fingerprint density at radius 3 is 2.68 bits per heavy atom. The van der Waals surface area contributed by atoms with Crippen LogP contribution in [0.15, 0.2) is 34.9 Å². The number of hydrogen-bond donors (Lipinski definition) is 2. The van der Waals surface area contributed by atoms with Gasteiger partial charge in [0.15, 0.2) is 0 Å². The van der Waals surface area contributed by atoms with Crippen LogP contribution in [0.1, 0.15) is 20.3 Å². The lowest BCUT2D eigenvalue weighted by atomic mass is 10.0. The van der Waals surface area contributed by atoms with Crippen molar-refractivity contribution in [2.24, 2.45) is 5.92 Å². The van der Waals surface area contributed by atoms with E-state index in [1.54, 1.807) is 0 Å². The van der Waals surface area contributed by atoms with Crippen molar-refractivity contribution < 1.29 is 14.7 Å². The first-order valence-corrected chi connectivity index (χ1v) is 7.92. The first-order chi connectivity index (χ1) is 10.4. The molecule has 0 fully saturated rings. The number of carboxylic acids is 1. The summed E-state index contributed by atoms with van der Waals surface area (Å²) in [6, 6.07) is 6.90. The maximum absolute atomic E-state index is 12.1. The van der Waals surface area contributed by atoms with Gasteiger partial charge in [-0.2, -0.15) is 0 Å². The Morgan fingerprint density at radius 2 is 2.05 bits per heavy atom. The number of aromatic nitrogens is 1. The fourth-order valence-corrected chi connectivity index (χ4v) is 2.78. The van der Waals surface area contributed by atoms with E-state index in [0.717, 1.165) is 15.4 Å². The van der Waals surface area contributed by atoms with Gasteiger partial charge in [0.25, 0.3) is 0 Å². The number of amides is 1. The van der Waals surface area contributed by atoms with Crippen LogP contribution in [0.3, 0.4) is 0 Å². The smallest absolute Gasteiger partial charge is 0.326 e. The van der Waals surface area contributed by atoms with Gasteiger partial charge >= 0.3 is 5.97 Å². The predicted octanol–water partition coefficient (Wildman–Crippen LogP) is 3.02. The van der Waals surface area contributed by atoms with Crippen LogP contribution in [0.5, 0.6) is 0 Å². The summed E-state index contributed by atoms with van der Waals surface area (Å²) in [5.41, 5.74) is 0.939. The molecule has 0 saturated carbocycles. The number of aliphatic carboxylic acids is 1. The molecule has 2 N–H and O–H groups in total. The minimum atomic E-state index is -0.997. The van der Waals surface area contributed by atoms with Gasteiger partial charge in [0.1, 0.15) is 12.6 Å². The third-order valence-electron chi connectivity index (χ3n) is 3.39. The molecule has 22 heavy (non-hydrogen) atoms. The number of nitrogens with zero attached hydrogens (tertiary/aromatic N) is 1. The Morgan fingerprint density at radius 1 is 1.32 bits per heavy atom. The highest BCUT2D eigenvalue weighted by molar-refractivity contribution is 9.10. The van der Waals surface area contributed by atoms with E-state index in [1.165, 1.54) is 0 Å². The van der Waals surface area contributed by atoms with E-state index >= 15 is 0 Å². The number of benzene rings is 1. The fraction of sp³-hybridized carbons (Fsp3) is 0.375. The van der Waals surface area contributed by atoms with Gasteiger partial charge in [0, 0.05) is 21.6 Å². The van der Waals surface area contributed by atoms with Gasteiger partial charge in [0.05, 0.1) is 0 Å². The van der Waals surface area contributed by atoms with E-state index in [9.17, 15) is 14.7 Å². The third kappa shape index (κ3) is 4.10. The van der Waals surface area contributed by atoms with Gasteiger partial charge in [-0.15, -0.1) is 0 Å². The van der Waals surface area contributed by atoms with E-state index in [-0.39, 0.29) is 18.4 Å². The number of nitrogens with one attached hydrogen (secondary N) is 1. The maximum Gasteiger partial charge on any atom is 0.326 e. The Hall–Kier alpha value is -1.82. The molecule has 0 bridgehead atoms. The minimum absolute atomic E-state index is 0.104. The maximum atomic E-state index is 12.1. The van der Waals surface area contributed by atoms with Crippen LogP contribution >= 0.6 is 15.9 Å². The summed E-state index contributed by atoms with van der Waals surface area (Å²) in [5, 5.41) is 12.8. The van der Waals surface area contributed by atoms with Crippen molar-refractivity contribution in [2.75, 3.05) is 0 Å². The van der Waals surface area contributed by atoms with Gasteiger partial charge in [-0.3, -0.25) is 4.79 Å². The zero-order valence-electron chi connectivity index (χ0n) is 12.5. The molecule has 0 spiro atoms. The summed E-state index contributed by atoms with van der Waals surface area (Å²) >= 11 is 3.41. The molecule has 0 aliphatic carbocycles. The summed E-state index contributed by atoms with van der Waals surface area (Å²) in [5.74, 6) is -1.09. The first-order valence-electron chi connectivity index (χ1n) is 7.13. The number of carboxylic acid groups (broad SMARTS) is 1. The van der Waals surface area contributed by atoms with Crippen LogP contribution in [-0.4, -0.2) is 27.6 Å². The molecule has 2 rings (SSSR count). The normalized spacial score (nSPS) is 12.5. The van der Waals surface area contributed by atoms with Crippen molar-refractivity contribution in [3.8, 4) is 0 Å². The summed E-state index contributed by atoms with van der Waals surface area (Å²) < 4.78 is 2.79. The standard InChI is InChI=1S/C16H19BrN2O3/c1-10(2)7-13(16(21)22)18-15(20)9-19-6-5-11-8-12(17)3-4-14(11)19/h3-6,8,10,13H,7,9H2,1-2H3,(H,18,20)(H,21,22)/t13-/m0/s1. The summed E-state index contributed by atoms with van der Waals surface area (Å²) in [6.45, 7) is 3.96. The van der Waals surface area contributed by atoms with Crippen molar-refractivity contribution in [3.63, 3.8) is 0 Å². The molecule has 1 atom stereocenters. The molecule has 0 aliphatic rings. The summed E-state index contributed by atoms with van der Waals surface area (Å²) in [4.78, 5) is 23.3. The molecule has 5 nitrogen and oxygen atoms in total. The lowest BCUT2D eigenvalue weighted by molar-refractivity contribution is -0.142. The van der Waals surface area contributed by atoms with Crippen molar-refractivity contribution in [3.05, 3.63) is 34.9 Å². The van der Waals surface area contributed by atoms with Crippen LogP contribution < -0.4 is 5.32 Å². The van der Waals surface area contributed by atoms with Crippen molar-refractivity contribution in [1.82, 2.24) is 9.88 Å². The quantitative estimate of drug-likeness (QED) is 0.825. The van der Waals surface area contributed by atoms with E-state index in [1.807, 2.05) is 48.9 Å². The Balaban J connectivity index is 2.08. The molecule has 118 valence electrons. The lowest BCUT2D eigenvalue weighted by Gasteiger charge is -2.17. The van der Waals surface area contributed by atoms with E-state index in [2.05, 4.69) is 21.2 Å². The molecule has 6 heteroatoms. The minimum Gasteiger partial charge on any atom is -0.480 e. The number of fused-ring (bicyclic) bond motifs is 1. The van der Waals surface area contributed by atoms with Crippen molar-refractivity contribution in [1.29, 1.82) is 0 Å². The molecule has 1 amide bonds. The van der Waals surface area contributed by atoms with E-state index in [0.29, 0.717) is 6.42 Å². The molecule has 0 unspecified atom stereocenters. The van der Waals surface area contributed by atoms with Crippen LogP contribution in [0.4, 0.5) is 0 Å². The van der Waals surface area contributed by atoms with Gasteiger partial charge in [0.2, 0.25) is 5.91 Å². The Bertz CT molecular complexity index is 694. The third-order valence-corrected chi connectivity index (χ3v) is 3.88. The molecule has 1 heterocycles. The fourth-order valence-electron chi connectivity index (χ4n) is 2.40. The van der Waals surface area contributed by atoms with Crippen molar-refractivity contribution in [2.45, 2.75) is 32.9 Å². The first kappa shape index (κ1) is 16.5. The predicted molar refractivity (Wildman–Crippen MR) is 88.7 cm³/mol. The topological polar surface area (TPSA) is 71.3 Å². The number of halogens is 1. The number of carbonyl (C=O) groups is 2. The average Bonchev–Trinajstić information content (AvgIpc) is 2.79. The number of carbonyl (C=O) groups excluding carboxylic acids is 1. The van der Waals surface area contributed by atoms with E-state index < -0.39 is 12.0 Å². The second kappa shape index (κ2) is 6.96. The van der Waals surface area contributed by atoms with Crippen LogP contribution in [0.25, 0.3) is 10.9 Å². The Kier molecular flexibility index (Phi) is 5.24. The Labute approximate surface area is 137 Å². The molecular formula is C16H19BrN2O3. The van der Waals surface area contributed by atoms with Gasteiger partial charge < -0.3 is 15.0 Å². The lowest BCUT2D eigenvalue weighted by Crippen LogP contribution is -2.43. The summed E-state index contributed by atoms with van der Waals surface area (Å²) in [6.07, 6.45) is 2.25. The van der Waals surface area contributed by atoms with E-state index in [4.69, 9.17) is 0 Å². The molecule has 0 radical (unpaired) electrons. The molecule has 1 aromatic heterocycles. The van der Waals surface area contributed by atoms with Crippen LogP contribution in [-0.2, 0) is 16.1 Å². The van der Waals surface area contributed by atoms with Crippen LogP contribution in [0.2, 0.25) is 0 Å². The molecule has 1 aromatic carbocycles. The highest BCUT2D eigenvalue weighted by Gasteiger charge is 2.21.